The summed E-state index contributed by atoms with van der Waals surface area (Å²) in [6.07, 6.45) is 0. The van der Waals surface area contributed by atoms with Crippen molar-refractivity contribution in [3.05, 3.63) is 76.4 Å². The Morgan fingerprint density at radius 2 is 1.85 bits per heavy atom. The first-order valence-electron chi connectivity index (χ1n) is 10.4. The Balaban J connectivity index is 1.32. The van der Waals surface area contributed by atoms with Gasteiger partial charge in [0.05, 0.1) is 28.6 Å². The molecular weight excluding hydrogens is 492 g/mol. The molecule has 11 heteroatoms. The third kappa shape index (κ3) is 5.82. The Morgan fingerprint density at radius 3 is 2.62 bits per heavy atom. The number of halogens is 1. The molecule has 2 aromatic carbocycles. The summed E-state index contributed by atoms with van der Waals surface area (Å²) in [5.74, 6) is 0.282. The van der Waals surface area contributed by atoms with E-state index in [0.717, 1.165) is 11.3 Å². The zero-order valence-corrected chi connectivity index (χ0v) is 20.6. The van der Waals surface area contributed by atoms with E-state index in [9.17, 15) is 9.59 Å². The molecule has 0 aliphatic rings. The number of thioether (sulfide) groups is 1. The lowest BCUT2D eigenvalue weighted by atomic mass is 10.2. The van der Waals surface area contributed by atoms with E-state index in [-0.39, 0.29) is 24.1 Å². The maximum Gasteiger partial charge on any atom is 0.253 e. The molecule has 2 N–H and O–H groups in total. The van der Waals surface area contributed by atoms with Crippen LogP contribution >= 0.6 is 34.7 Å². The van der Waals surface area contributed by atoms with Gasteiger partial charge in [0.2, 0.25) is 5.91 Å². The average molecular weight is 513 g/mol. The van der Waals surface area contributed by atoms with Crippen molar-refractivity contribution in [2.24, 2.45) is 0 Å². The number of carbonyl (C=O) groups is 2. The molecule has 4 rings (SSSR count). The predicted molar refractivity (Wildman–Crippen MR) is 135 cm³/mol. The fourth-order valence-electron chi connectivity index (χ4n) is 3.13. The molecule has 0 saturated carbocycles. The molecule has 0 aliphatic heterocycles. The van der Waals surface area contributed by atoms with Gasteiger partial charge in [-0.25, -0.2) is 4.98 Å². The zero-order valence-electron chi connectivity index (χ0n) is 18.2. The Kier molecular flexibility index (Phi) is 7.94. The zero-order chi connectivity index (χ0) is 23.9. The monoisotopic (exact) mass is 512 g/mol. The number of thiazole rings is 1. The van der Waals surface area contributed by atoms with Gasteiger partial charge in [-0.2, -0.15) is 0 Å². The number of nitrogens with one attached hydrogen (secondary N) is 2. The second kappa shape index (κ2) is 11.3. The summed E-state index contributed by atoms with van der Waals surface area (Å²) >= 11 is 8.74. The molecule has 2 heterocycles. The molecule has 0 aliphatic carbocycles. The van der Waals surface area contributed by atoms with E-state index in [1.807, 2.05) is 47.2 Å². The minimum absolute atomic E-state index is 0.157. The Hall–Kier alpha value is -3.21. The maximum atomic E-state index is 12.4. The molecule has 8 nitrogen and oxygen atoms in total. The van der Waals surface area contributed by atoms with Gasteiger partial charge in [-0.3, -0.25) is 9.59 Å². The van der Waals surface area contributed by atoms with Crippen LogP contribution in [0.2, 0.25) is 5.02 Å². The normalized spacial score (nSPS) is 10.8. The van der Waals surface area contributed by atoms with Crippen LogP contribution < -0.4 is 10.6 Å². The van der Waals surface area contributed by atoms with Gasteiger partial charge < -0.3 is 15.2 Å². The molecule has 174 valence electrons. The van der Waals surface area contributed by atoms with E-state index in [2.05, 4.69) is 25.8 Å². The Morgan fingerprint density at radius 1 is 1.09 bits per heavy atom. The third-order valence-electron chi connectivity index (χ3n) is 4.79. The minimum Gasteiger partial charge on any atom is -0.345 e. The summed E-state index contributed by atoms with van der Waals surface area (Å²) in [6, 6.07) is 16.6. The molecule has 0 atom stereocenters. The van der Waals surface area contributed by atoms with Crippen molar-refractivity contribution < 1.29 is 9.59 Å². The predicted octanol–water partition coefficient (Wildman–Crippen LogP) is 4.74. The quantitative estimate of drug-likeness (QED) is 0.314. The number of hydrogen-bond donors (Lipinski definition) is 2. The third-order valence-corrected chi connectivity index (χ3v) is 6.84. The van der Waals surface area contributed by atoms with Crippen LogP contribution in [0.15, 0.2) is 65.1 Å². The summed E-state index contributed by atoms with van der Waals surface area (Å²) in [4.78, 5) is 29.3. The van der Waals surface area contributed by atoms with Crippen molar-refractivity contribution in [2.45, 2.75) is 25.2 Å². The van der Waals surface area contributed by atoms with E-state index in [4.69, 9.17) is 11.6 Å². The van der Waals surface area contributed by atoms with Crippen molar-refractivity contribution in [2.75, 3.05) is 11.1 Å². The van der Waals surface area contributed by atoms with Crippen LogP contribution in [0.3, 0.4) is 0 Å². The molecule has 2 amide bonds. The second-order valence-electron chi connectivity index (χ2n) is 7.05. The van der Waals surface area contributed by atoms with Gasteiger partial charge in [0.25, 0.3) is 5.91 Å². The lowest BCUT2D eigenvalue weighted by Crippen LogP contribution is -2.25. The largest absolute Gasteiger partial charge is 0.345 e. The molecule has 0 fully saturated rings. The first kappa shape index (κ1) is 23.9. The molecule has 0 spiro atoms. The number of benzene rings is 2. The minimum atomic E-state index is -0.289. The van der Waals surface area contributed by atoms with Gasteiger partial charge in [-0.1, -0.05) is 65.8 Å². The standard InChI is InChI=1S/C23H21ClN6O2S2/c1-2-30-19(12-25-21(32)16-10-6-7-11-17(16)24)28-29-23(30)34-14-20(31)27-22-26-18(13-33-22)15-8-4-3-5-9-15/h3-11,13H,2,12,14H2,1H3,(H,25,32)(H,26,27,31). The number of anilines is 1. The first-order chi connectivity index (χ1) is 16.5. The SMILES string of the molecule is CCn1c(CNC(=O)c2ccccc2Cl)nnc1SCC(=O)Nc1nc(-c2ccccc2)cs1. The lowest BCUT2D eigenvalue weighted by molar-refractivity contribution is -0.113. The highest BCUT2D eigenvalue weighted by Crippen LogP contribution is 2.25. The second-order valence-corrected chi connectivity index (χ2v) is 9.25. The van der Waals surface area contributed by atoms with Gasteiger partial charge in [-0.05, 0) is 19.1 Å². The van der Waals surface area contributed by atoms with Crippen LogP contribution in [0, 0.1) is 0 Å². The van der Waals surface area contributed by atoms with Crippen molar-refractivity contribution in [1.82, 2.24) is 25.1 Å². The Labute approximate surface area is 209 Å². The van der Waals surface area contributed by atoms with Crippen molar-refractivity contribution in [3.8, 4) is 11.3 Å². The van der Waals surface area contributed by atoms with Crippen LogP contribution in [0.4, 0.5) is 5.13 Å². The Bertz CT molecular complexity index is 1290. The fraction of sp³-hybridized carbons (Fsp3) is 0.174. The number of rotatable bonds is 9. The van der Waals surface area contributed by atoms with Crippen LogP contribution in [-0.4, -0.2) is 37.3 Å². The van der Waals surface area contributed by atoms with Crippen LogP contribution in [-0.2, 0) is 17.9 Å². The molecule has 0 saturated heterocycles. The van der Waals surface area contributed by atoms with Gasteiger partial charge in [0, 0.05) is 17.5 Å². The highest BCUT2D eigenvalue weighted by molar-refractivity contribution is 7.99. The number of nitrogens with zero attached hydrogens (tertiary/aromatic N) is 4. The van der Waals surface area contributed by atoms with E-state index < -0.39 is 0 Å². The molecule has 0 radical (unpaired) electrons. The van der Waals surface area contributed by atoms with E-state index >= 15 is 0 Å². The molecule has 0 bridgehead atoms. The van der Waals surface area contributed by atoms with Crippen LogP contribution in [0.5, 0.6) is 0 Å². The van der Waals surface area contributed by atoms with Crippen molar-refractivity contribution >= 4 is 51.6 Å². The number of carbonyl (C=O) groups excluding carboxylic acids is 2. The fourth-order valence-corrected chi connectivity index (χ4v) is 4.91. The topological polar surface area (TPSA) is 102 Å². The summed E-state index contributed by atoms with van der Waals surface area (Å²) in [7, 11) is 0. The molecular formula is C23H21ClN6O2S2. The van der Waals surface area contributed by atoms with Crippen molar-refractivity contribution in [1.29, 1.82) is 0 Å². The van der Waals surface area contributed by atoms with E-state index in [1.165, 1.54) is 23.1 Å². The number of aromatic nitrogens is 4. The summed E-state index contributed by atoms with van der Waals surface area (Å²) in [6.45, 7) is 2.74. The summed E-state index contributed by atoms with van der Waals surface area (Å²) in [5.41, 5.74) is 2.22. The molecule has 0 unspecified atom stereocenters. The van der Waals surface area contributed by atoms with Crippen LogP contribution in [0.1, 0.15) is 23.1 Å². The molecule has 4 aromatic rings. The highest BCUT2D eigenvalue weighted by Gasteiger charge is 2.16. The molecule has 34 heavy (non-hydrogen) atoms. The van der Waals surface area contributed by atoms with Gasteiger partial charge in [0.15, 0.2) is 16.1 Å². The van der Waals surface area contributed by atoms with Gasteiger partial charge in [-0.15, -0.1) is 21.5 Å². The highest BCUT2D eigenvalue weighted by atomic mass is 35.5. The number of amides is 2. The van der Waals surface area contributed by atoms with Crippen molar-refractivity contribution in [3.63, 3.8) is 0 Å². The van der Waals surface area contributed by atoms with Gasteiger partial charge >= 0.3 is 0 Å². The molecule has 2 aromatic heterocycles. The average Bonchev–Trinajstić information content (AvgIpc) is 3.48. The number of hydrogen-bond acceptors (Lipinski definition) is 7. The lowest BCUT2D eigenvalue weighted by Gasteiger charge is -2.09. The maximum absolute atomic E-state index is 12.4. The summed E-state index contributed by atoms with van der Waals surface area (Å²) < 4.78 is 1.86. The van der Waals surface area contributed by atoms with E-state index in [1.54, 1.807) is 24.3 Å². The van der Waals surface area contributed by atoms with E-state index in [0.29, 0.717) is 33.2 Å². The first-order valence-corrected chi connectivity index (χ1v) is 12.7. The smallest absolute Gasteiger partial charge is 0.253 e. The summed E-state index contributed by atoms with van der Waals surface area (Å²) in [5, 5.41) is 17.4. The van der Waals surface area contributed by atoms with Gasteiger partial charge in [0.1, 0.15) is 0 Å². The van der Waals surface area contributed by atoms with Crippen LogP contribution in [0.25, 0.3) is 11.3 Å².